The summed E-state index contributed by atoms with van der Waals surface area (Å²) in [5.41, 5.74) is 1.08. The quantitative estimate of drug-likeness (QED) is 0.348. The maximum Gasteiger partial charge on any atom is 0.351 e. The monoisotopic (exact) mass is 526 g/mol. The Labute approximate surface area is 222 Å². The molecule has 1 heterocycles. The van der Waals surface area contributed by atoms with Gasteiger partial charge in [0, 0.05) is 21.4 Å². The number of fused-ring (bicyclic) bond motifs is 5. The third kappa shape index (κ3) is 3.40. The van der Waals surface area contributed by atoms with Crippen molar-refractivity contribution in [3.05, 3.63) is 35.4 Å². The van der Waals surface area contributed by atoms with Gasteiger partial charge in [-0.05, 0) is 68.2 Å². The van der Waals surface area contributed by atoms with Crippen molar-refractivity contribution in [1.29, 1.82) is 0 Å². The molecule has 0 amide bonds. The highest BCUT2D eigenvalue weighted by atomic mass is 32.2. The number of hydrogen-bond donors (Lipinski definition) is 0. The van der Waals surface area contributed by atoms with Crippen LogP contribution in [0.1, 0.15) is 57.3 Å². The van der Waals surface area contributed by atoms with Crippen LogP contribution in [0.4, 0.5) is 0 Å². The molecule has 2 aromatic carbocycles. The van der Waals surface area contributed by atoms with Gasteiger partial charge in [-0.3, -0.25) is 4.79 Å². The van der Waals surface area contributed by atoms with Crippen LogP contribution in [-0.2, 0) is 25.5 Å². The van der Waals surface area contributed by atoms with Crippen LogP contribution in [0.25, 0.3) is 11.1 Å². The Morgan fingerprint density at radius 3 is 2.32 bits per heavy atom. The lowest BCUT2D eigenvalue weighted by Gasteiger charge is -2.35. The summed E-state index contributed by atoms with van der Waals surface area (Å²) in [4.78, 5) is 27.7. The van der Waals surface area contributed by atoms with Crippen molar-refractivity contribution in [2.75, 3.05) is 27.6 Å². The van der Waals surface area contributed by atoms with Crippen LogP contribution in [0.5, 0.6) is 17.2 Å². The predicted molar refractivity (Wildman–Crippen MR) is 140 cm³/mol. The fourth-order valence-corrected chi connectivity index (χ4v) is 6.80. The van der Waals surface area contributed by atoms with E-state index in [1.54, 1.807) is 33.1 Å². The molecule has 1 saturated carbocycles. The lowest BCUT2D eigenvalue weighted by atomic mass is 9.66. The van der Waals surface area contributed by atoms with E-state index in [-0.39, 0.29) is 5.97 Å². The van der Waals surface area contributed by atoms with Crippen molar-refractivity contribution in [3.8, 4) is 28.4 Å². The van der Waals surface area contributed by atoms with Crippen LogP contribution in [0, 0.1) is 10.8 Å². The maximum absolute atomic E-state index is 13.9. The van der Waals surface area contributed by atoms with E-state index in [0.29, 0.717) is 42.9 Å². The molecule has 0 spiro atoms. The topological polar surface area (TPSA) is 80.3 Å². The second kappa shape index (κ2) is 8.86. The van der Waals surface area contributed by atoms with Gasteiger partial charge in [0.2, 0.25) is 11.4 Å². The SMILES string of the molecule is COc1cc2c(c(OC)c1OC)-c1ccc(SC)cc1[C@H](OC(=O)[C@@]13CC[C@@](C)(C(=O)O1)C3(C)C)CC2. The molecule has 3 aliphatic rings. The van der Waals surface area contributed by atoms with E-state index in [1.807, 2.05) is 39.2 Å². The van der Waals surface area contributed by atoms with E-state index >= 15 is 0 Å². The van der Waals surface area contributed by atoms with Crippen LogP contribution >= 0.6 is 11.8 Å². The van der Waals surface area contributed by atoms with Gasteiger partial charge in [0.25, 0.3) is 0 Å². The molecule has 0 unspecified atom stereocenters. The molecular formula is C29H34O7S. The summed E-state index contributed by atoms with van der Waals surface area (Å²) >= 11 is 1.62. The first kappa shape index (κ1) is 25.8. The molecule has 1 saturated heterocycles. The Hall–Kier alpha value is -2.87. The van der Waals surface area contributed by atoms with Gasteiger partial charge in [-0.2, -0.15) is 0 Å². The first-order valence-corrected chi connectivity index (χ1v) is 13.8. The third-order valence-electron chi connectivity index (χ3n) is 9.13. The van der Waals surface area contributed by atoms with Crippen molar-refractivity contribution in [2.24, 2.45) is 10.8 Å². The molecule has 1 aliphatic heterocycles. The maximum atomic E-state index is 13.9. The van der Waals surface area contributed by atoms with Crippen molar-refractivity contribution in [2.45, 2.75) is 63.1 Å². The van der Waals surface area contributed by atoms with E-state index < -0.39 is 28.5 Å². The smallest absolute Gasteiger partial charge is 0.351 e. The number of rotatable bonds is 6. The van der Waals surface area contributed by atoms with Crippen LogP contribution in [0.15, 0.2) is 29.2 Å². The second-order valence-corrected chi connectivity index (χ2v) is 11.6. The minimum atomic E-state index is -1.28. The third-order valence-corrected chi connectivity index (χ3v) is 9.85. The highest BCUT2D eigenvalue weighted by Crippen LogP contribution is 2.66. The molecule has 0 radical (unpaired) electrons. The van der Waals surface area contributed by atoms with Gasteiger partial charge in [0.1, 0.15) is 6.10 Å². The van der Waals surface area contributed by atoms with E-state index in [1.165, 1.54) is 0 Å². The molecule has 2 fully saturated rings. The van der Waals surface area contributed by atoms with Gasteiger partial charge >= 0.3 is 11.9 Å². The van der Waals surface area contributed by atoms with Gasteiger partial charge in [-0.25, -0.2) is 4.79 Å². The van der Waals surface area contributed by atoms with E-state index in [9.17, 15) is 9.59 Å². The van der Waals surface area contributed by atoms with Gasteiger partial charge < -0.3 is 23.7 Å². The lowest BCUT2D eigenvalue weighted by Crippen LogP contribution is -2.49. The number of methoxy groups -OCH3 is 3. The molecule has 2 bridgehead atoms. The van der Waals surface area contributed by atoms with E-state index in [2.05, 4.69) is 12.1 Å². The van der Waals surface area contributed by atoms with Crippen molar-refractivity contribution in [1.82, 2.24) is 0 Å². The predicted octanol–water partition coefficient (Wildman–Crippen LogP) is 5.75. The Morgan fingerprint density at radius 1 is 1.03 bits per heavy atom. The van der Waals surface area contributed by atoms with Gasteiger partial charge in [0.15, 0.2) is 11.5 Å². The molecule has 7 nitrogen and oxygen atoms in total. The fraction of sp³-hybridized carbons (Fsp3) is 0.517. The zero-order chi connectivity index (χ0) is 26.8. The van der Waals surface area contributed by atoms with Crippen LogP contribution in [0.3, 0.4) is 0 Å². The molecule has 2 aliphatic carbocycles. The zero-order valence-corrected chi connectivity index (χ0v) is 23.3. The fourth-order valence-electron chi connectivity index (χ4n) is 6.35. The highest BCUT2D eigenvalue weighted by molar-refractivity contribution is 7.98. The average Bonchev–Trinajstić information content (AvgIpc) is 3.10. The summed E-state index contributed by atoms with van der Waals surface area (Å²) in [6.07, 6.45) is 3.74. The summed E-state index contributed by atoms with van der Waals surface area (Å²) in [5, 5.41) is 0. The number of carbonyl (C=O) groups is 2. The molecule has 3 atom stereocenters. The summed E-state index contributed by atoms with van der Waals surface area (Å²) in [7, 11) is 4.80. The number of aryl methyl sites for hydroxylation is 1. The standard InChI is InChI=1S/C29H34O7S/c1-27(2)28(3)12-13-29(27,36-25(28)30)26(31)35-20-11-8-16-14-21(32-4)23(33-5)24(34-6)22(16)18-10-9-17(37-7)15-19(18)20/h9-10,14-15,20H,8,11-13H2,1-7H3/t20-,28+,29-/m1/s1. The minimum absolute atomic E-state index is 0.317. The molecular weight excluding hydrogens is 492 g/mol. The highest BCUT2D eigenvalue weighted by Gasteiger charge is 2.76. The molecule has 0 N–H and O–H groups in total. The van der Waals surface area contributed by atoms with Crippen LogP contribution in [-0.4, -0.2) is 45.1 Å². The largest absolute Gasteiger partial charge is 0.493 e. The number of benzene rings is 2. The number of hydrogen-bond acceptors (Lipinski definition) is 8. The van der Waals surface area contributed by atoms with Crippen LogP contribution < -0.4 is 14.2 Å². The van der Waals surface area contributed by atoms with Gasteiger partial charge in [0.05, 0.1) is 26.7 Å². The van der Waals surface area contributed by atoms with E-state index in [4.69, 9.17) is 23.7 Å². The second-order valence-electron chi connectivity index (χ2n) is 10.7. The molecule has 5 rings (SSSR count). The molecule has 8 heteroatoms. The zero-order valence-electron chi connectivity index (χ0n) is 22.5. The van der Waals surface area contributed by atoms with E-state index in [0.717, 1.165) is 27.1 Å². The summed E-state index contributed by atoms with van der Waals surface area (Å²) < 4.78 is 29.3. The Bertz CT molecular complexity index is 1290. The minimum Gasteiger partial charge on any atom is -0.493 e. The van der Waals surface area contributed by atoms with Crippen molar-refractivity contribution < 1.29 is 33.3 Å². The normalized spacial score (nSPS) is 27.0. The van der Waals surface area contributed by atoms with Crippen LogP contribution in [0.2, 0.25) is 0 Å². The lowest BCUT2D eigenvalue weighted by molar-refractivity contribution is -0.187. The Morgan fingerprint density at radius 2 is 1.76 bits per heavy atom. The summed E-state index contributed by atoms with van der Waals surface area (Å²) in [6, 6.07) is 8.14. The number of esters is 2. The van der Waals surface area contributed by atoms with Crippen molar-refractivity contribution >= 4 is 23.7 Å². The summed E-state index contributed by atoms with van der Waals surface area (Å²) in [6.45, 7) is 5.78. The average molecular weight is 527 g/mol. The number of ether oxygens (including phenoxy) is 5. The van der Waals surface area contributed by atoms with Crippen molar-refractivity contribution in [3.63, 3.8) is 0 Å². The number of thioether (sulfide) groups is 1. The van der Waals surface area contributed by atoms with Gasteiger partial charge in [-0.1, -0.05) is 19.9 Å². The Balaban J connectivity index is 1.61. The molecule has 2 aromatic rings. The first-order valence-electron chi connectivity index (χ1n) is 12.5. The molecule has 0 aromatic heterocycles. The molecule has 198 valence electrons. The van der Waals surface area contributed by atoms with Gasteiger partial charge in [-0.15, -0.1) is 11.8 Å². The molecule has 37 heavy (non-hydrogen) atoms. The summed E-state index contributed by atoms with van der Waals surface area (Å²) in [5.74, 6) is 0.897. The number of carbonyl (C=O) groups excluding carboxylic acids is 2. The Kier molecular flexibility index (Phi) is 6.17. The first-order chi connectivity index (χ1) is 17.6.